The number of rotatable bonds is 3. The second-order valence-electron chi connectivity index (χ2n) is 3.36. The lowest BCUT2D eigenvalue weighted by molar-refractivity contribution is 0.0806. The molecule has 2 N–H and O–H groups in total. The standard InChI is InChI=1S/C9H11ClN4OS/c10-8-7(3-11)16-9(14-8)13-4-6-5-15-2-1-12-6/h6,12H,1-2,4-5H2,(H,13,14). The fourth-order valence-corrected chi connectivity index (χ4v) is 2.36. The first-order valence-corrected chi connectivity index (χ1v) is 6.10. The van der Waals surface area contributed by atoms with Gasteiger partial charge in [-0.25, -0.2) is 4.98 Å². The third kappa shape index (κ3) is 2.83. The third-order valence-corrected chi connectivity index (χ3v) is 3.49. The zero-order valence-electron chi connectivity index (χ0n) is 8.49. The maximum atomic E-state index is 8.72. The molecule has 0 spiro atoms. The number of ether oxygens (including phenoxy) is 1. The molecule has 0 bridgehead atoms. The Morgan fingerprint density at radius 1 is 1.75 bits per heavy atom. The average molecular weight is 259 g/mol. The van der Waals surface area contributed by atoms with Gasteiger partial charge in [-0.3, -0.25) is 0 Å². The largest absolute Gasteiger partial charge is 0.378 e. The van der Waals surface area contributed by atoms with E-state index < -0.39 is 0 Å². The van der Waals surface area contributed by atoms with Crippen LogP contribution < -0.4 is 10.6 Å². The van der Waals surface area contributed by atoms with Crippen LogP contribution in [0.3, 0.4) is 0 Å². The van der Waals surface area contributed by atoms with Crippen molar-refractivity contribution in [3.05, 3.63) is 10.0 Å². The number of morpholine rings is 1. The molecule has 1 atom stereocenters. The Morgan fingerprint density at radius 2 is 2.62 bits per heavy atom. The molecular formula is C9H11ClN4OS. The lowest BCUT2D eigenvalue weighted by Crippen LogP contribution is -2.45. The smallest absolute Gasteiger partial charge is 0.185 e. The molecule has 2 rings (SSSR count). The Hall–Kier alpha value is -0.870. The molecule has 1 aliphatic rings. The lowest BCUT2D eigenvalue weighted by Gasteiger charge is -2.23. The summed E-state index contributed by atoms with van der Waals surface area (Å²) in [6, 6.07) is 2.28. The summed E-state index contributed by atoms with van der Waals surface area (Å²) in [6.07, 6.45) is 0. The molecule has 1 unspecified atom stereocenters. The van der Waals surface area contributed by atoms with Gasteiger partial charge in [0.15, 0.2) is 10.3 Å². The number of nitriles is 1. The number of hydrogen-bond donors (Lipinski definition) is 2. The summed E-state index contributed by atoms with van der Waals surface area (Å²) in [6.45, 7) is 3.04. The van der Waals surface area contributed by atoms with Crippen LogP contribution >= 0.6 is 22.9 Å². The van der Waals surface area contributed by atoms with Gasteiger partial charge in [-0.05, 0) is 0 Å². The van der Waals surface area contributed by atoms with E-state index in [4.69, 9.17) is 21.6 Å². The van der Waals surface area contributed by atoms with Gasteiger partial charge >= 0.3 is 0 Å². The summed E-state index contributed by atoms with van der Waals surface area (Å²) in [5, 5.41) is 16.1. The van der Waals surface area contributed by atoms with Gasteiger partial charge in [-0.15, -0.1) is 0 Å². The minimum Gasteiger partial charge on any atom is -0.378 e. The summed E-state index contributed by atoms with van der Waals surface area (Å²) in [7, 11) is 0. The van der Waals surface area contributed by atoms with Gasteiger partial charge in [-0.1, -0.05) is 22.9 Å². The second-order valence-corrected chi connectivity index (χ2v) is 4.71. The molecule has 16 heavy (non-hydrogen) atoms. The van der Waals surface area contributed by atoms with Gasteiger partial charge in [0.2, 0.25) is 0 Å². The van der Waals surface area contributed by atoms with Crippen molar-refractivity contribution < 1.29 is 4.74 Å². The zero-order valence-corrected chi connectivity index (χ0v) is 10.1. The van der Waals surface area contributed by atoms with Crippen LogP contribution in [0.5, 0.6) is 0 Å². The topological polar surface area (TPSA) is 70.0 Å². The minimum absolute atomic E-state index is 0.267. The summed E-state index contributed by atoms with van der Waals surface area (Å²) >= 11 is 7.03. The van der Waals surface area contributed by atoms with E-state index in [-0.39, 0.29) is 11.2 Å². The van der Waals surface area contributed by atoms with Crippen LogP contribution in [0.25, 0.3) is 0 Å². The number of thiazole rings is 1. The van der Waals surface area contributed by atoms with Crippen molar-refractivity contribution in [1.82, 2.24) is 10.3 Å². The number of nitrogens with zero attached hydrogens (tertiary/aromatic N) is 2. The predicted molar refractivity (Wildman–Crippen MR) is 62.9 cm³/mol. The van der Waals surface area contributed by atoms with E-state index in [9.17, 15) is 0 Å². The predicted octanol–water partition coefficient (Wildman–Crippen LogP) is 1.07. The molecule has 86 valence electrons. The van der Waals surface area contributed by atoms with Crippen LogP contribution in [0.4, 0.5) is 5.13 Å². The molecule has 7 heteroatoms. The molecule has 0 amide bonds. The summed E-state index contributed by atoms with van der Waals surface area (Å²) in [4.78, 5) is 4.49. The third-order valence-electron chi connectivity index (χ3n) is 2.19. The molecule has 1 aromatic heterocycles. The van der Waals surface area contributed by atoms with Crippen LogP contribution in [0.2, 0.25) is 5.15 Å². The van der Waals surface area contributed by atoms with E-state index in [0.717, 1.165) is 13.2 Å². The first-order valence-electron chi connectivity index (χ1n) is 4.91. The van der Waals surface area contributed by atoms with Gasteiger partial charge in [0, 0.05) is 19.1 Å². The summed E-state index contributed by atoms with van der Waals surface area (Å²) in [5.41, 5.74) is 0. The van der Waals surface area contributed by atoms with Crippen LogP contribution in [-0.4, -0.2) is 37.3 Å². The van der Waals surface area contributed by atoms with E-state index in [0.29, 0.717) is 23.2 Å². The molecular weight excluding hydrogens is 248 g/mol. The van der Waals surface area contributed by atoms with Crippen molar-refractivity contribution >= 4 is 28.1 Å². The molecule has 0 aromatic carbocycles. The van der Waals surface area contributed by atoms with Gasteiger partial charge in [0.25, 0.3) is 0 Å². The second kappa shape index (κ2) is 5.46. The molecule has 0 radical (unpaired) electrons. The van der Waals surface area contributed by atoms with E-state index in [1.807, 2.05) is 6.07 Å². The van der Waals surface area contributed by atoms with Gasteiger partial charge in [0.1, 0.15) is 10.9 Å². The van der Waals surface area contributed by atoms with Gasteiger partial charge < -0.3 is 15.4 Å². The highest BCUT2D eigenvalue weighted by molar-refractivity contribution is 7.16. The highest BCUT2D eigenvalue weighted by Crippen LogP contribution is 2.25. The SMILES string of the molecule is N#Cc1sc(NCC2COCCN2)nc1Cl. The maximum Gasteiger partial charge on any atom is 0.185 e. The molecule has 1 aromatic rings. The van der Waals surface area contributed by atoms with Crippen molar-refractivity contribution in [2.45, 2.75) is 6.04 Å². The molecule has 0 aliphatic carbocycles. The zero-order chi connectivity index (χ0) is 11.4. The average Bonchev–Trinajstić information content (AvgIpc) is 2.69. The maximum absolute atomic E-state index is 8.72. The normalized spacial score (nSPS) is 20.4. The van der Waals surface area contributed by atoms with Crippen molar-refractivity contribution in [3.8, 4) is 6.07 Å². The highest BCUT2D eigenvalue weighted by Gasteiger charge is 2.14. The summed E-state index contributed by atoms with van der Waals surface area (Å²) < 4.78 is 5.32. The number of hydrogen-bond acceptors (Lipinski definition) is 6. The molecule has 1 fully saturated rings. The number of nitrogens with one attached hydrogen (secondary N) is 2. The lowest BCUT2D eigenvalue weighted by atomic mass is 10.3. The molecule has 2 heterocycles. The Kier molecular flexibility index (Phi) is 3.96. The van der Waals surface area contributed by atoms with Gasteiger partial charge in [-0.2, -0.15) is 5.26 Å². The van der Waals surface area contributed by atoms with Crippen molar-refractivity contribution in [3.63, 3.8) is 0 Å². The Balaban J connectivity index is 1.86. The fourth-order valence-electron chi connectivity index (χ4n) is 1.41. The molecule has 0 saturated carbocycles. The molecule has 1 aliphatic heterocycles. The van der Waals surface area contributed by atoms with E-state index in [1.165, 1.54) is 11.3 Å². The Bertz CT molecular complexity index is 397. The van der Waals surface area contributed by atoms with E-state index in [2.05, 4.69) is 15.6 Å². The van der Waals surface area contributed by atoms with E-state index >= 15 is 0 Å². The highest BCUT2D eigenvalue weighted by atomic mass is 35.5. The fraction of sp³-hybridized carbons (Fsp3) is 0.556. The number of halogens is 1. The van der Waals surface area contributed by atoms with Crippen molar-refractivity contribution in [2.75, 3.05) is 31.6 Å². The van der Waals surface area contributed by atoms with Crippen LogP contribution in [0.15, 0.2) is 0 Å². The van der Waals surface area contributed by atoms with Crippen LogP contribution in [0, 0.1) is 11.3 Å². The van der Waals surface area contributed by atoms with Crippen LogP contribution in [-0.2, 0) is 4.74 Å². The quantitative estimate of drug-likeness (QED) is 0.849. The number of aromatic nitrogens is 1. The molecule has 1 saturated heterocycles. The minimum atomic E-state index is 0.267. The number of anilines is 1. The Morgan fingerprint density at radius 3 is 3.25 bits per heavy atom. The molecule has 5 nitrogen and oxygen atoms in total. The summed E-state index contributed by atoms with van der Waals surface area (Å²) in [5.74, 6) is 0. The first-order chi connectivity index (χ1) is 7.79. The van der Waals surface area contributed by atoms with Gasteiger partial charge in [0.05, 0.1) is 13.2 Å². The first kappa shape index (κ1) is 11.6. The Labute approximate surface area is 102 Å². The van der Waals surface area contributed by atoms with Crippen LogP contribution in [0.1, 0.15) is 4.88 Å². The van der Waals surface area contributed by atoms with E-state index in [1.54, 1.807) is 0 Å². The van der Waals surface area contributed by atoms with Crippen molar-refractivity contribution in [1.29, 1.82) is 5.26 Å². The monoisotopic (exact) mass is 258 g/mol. The van der Waals surface area contributed by atoms with Crippen molar-refractivity contribution in [2.24, 2.45) is 0 Å².